The summed E-state index contributed by atoms with van der Waals surface area (Å²) in [5, 5.41) is 20.1. The van der Waals surface area contributed by atoms with Crippen LogP contribution >= 0.6 is 15.9 Å². The SMILES string of the molecule is N#CC(C#N)(/C=C(/Br)c1ccccc1)C(c1ccccc1)N1C(=O)CCC1=O. The smallest absolute Gasteiger partial charge is 0.230 e. The first-order valence-electron chi connectivity index (χ1n) is 8.68. The second-order valence-electron chi connectivity index (χ2n) is 6.42. The molecule has 1 atom stereocenters. The van der Waals surface area contributed by atoms with E-state index in [1.165, 1.54) is 6.08 Å². The van der Waals surface area contributed by atoms with Gasteiger partial charge in [-0.05, 0) is 17.2 Å². The Labute approximate surface area is 171 Å². The summed E-state index contributed by atoms with van der Waals surface area (Å²) in [7, 11) is 0. The number of rotatable bonds is 5. The number of imide groups is 1. The van der Waals surface area contributed by atoms with Gasteiger partial charge in [0.15, 0.2) is 5.41 Å². The molecule has 0 spiro atoms. The molecule has 1 saturated heterocycles. The first kappa shape index (κ1) is 19.5. The Hall–Kier alpha value is -3.22. The number of halogens is 1. The highest BCUT2D eigenvalue weighted by Gasteiger charge is 2.48. The molecule has 2 aromatic rings. The minimum Gasteiger partial charge on any atom is -0.274 e. The van der Waals surface area contributed by atoms with Crippen LogP contribution in [0.15, 0.2) is 66.7 Å². The Morgan fingerprint density at radius 2 is 1.46 bits per heavy atom. The van der Waals surface area contributed by atoms with Crippen LogP contribution in [0, 0.1) is 28.1 Å². The Morgan fingerprint density at radius 3 is 1.96 bits per heavy atom. The second-order valence-corrected chi connectivity index (χ2v) is 7.28. The molecule has 2 aromatic carbocycles. The molecule has 2 amide bonds. The molecule has 0 radical (unpaired) electrons. The Morgan fingerprint density at radius 1 is 0.964 bits per heavy atom. The zero-order chi connectivity index (χ0) is 20.1. The lowest BCUT2D eigenvalue weighted by atomic mass is 9.77. The third-order valence-electron chi connectivity index (χ3n) is 4.67. The Kier molecular flexibility index (Phi) is 5.73. The van der Waals surface area contributed by atoms with Crippen LogP contribution in [-0.2, 0) is 9.59 Å². The average Bonchev–Trinajstić information content (AvgIpc) is 3.07. The van der Waals surface area contributed by atoms with Crippen LogP contribution in [0.1, 0.15) is 30.0 Å². The summed E-state index contributed by atoms with van der Waals surface area (Å²) in [6, 6.07) is 21.1. The van der Waals surface area contributed by atoms with Crippen molar-refractivity contribution in [2.24, 2.45) is 5.41 Å². The van der Waals surface area contributed by atoms with Gasteiger partial charge in [-0.15, -0.1) is 0 Å². The van der Waals surface area contributed by atoms with E-state index in [4.69, 9.17) is 0 Å². The number of benzene rings is 2. The molecular weight excluding hydrogens is 418 g/mol. The van der Waals surface area contributed by atoms with Gasteiger partial charge in [-0.1, -0.05) is 76.6 Å². The van der Waals surface area contributed by atoms with Gasteiger partial charge in [0.25, 0.3) is 0 Å². The molecule has 1 aliphatic rings. The molecule has 0 saturated carbocycles. The summed E-state index contributed by atoms with van der Waals surface area (Å²) in [6.45, 7) is 0. The molecule has 3 rings (SSSR count). The summed E-state index contributed by atoms with van der Waals surface area (Å²) >= 11 is 3.45. The fraction of sp³-hybridized carbons (Fsp3) is 0.182. The third kappa shape index (κ3) is 3.60. The number of nitrogens with zero attached hydrogens (tertiary/aromatic N) is 3. The number of carbonyl (C=O) groups is 2. The molecular formula is C22H16BrN3O2. The second kappa shape index (κ2) is 8.21. The van der Waals surface area contributed by atoms with E-state index in [-0.39, 0.29) is 24.7 Å². The first-order valence-corrected chi connectivity index (χ1v) is 9.48. The van der Waals surface area contributed by atoms with Crippen molar-refractivity contribution in [3.8, 4) is 12.1 Å². The highest BCUT2D eigenvalue weighted by atomic mass is 79.9. The summed E-state index contributed by atoms with van der Waals surface area (Å²) in [5.74, 6) is -0.754. The monoisotopic (exact) mass is 433 g/mol. The maximum absolute atomic E-state index is 12.5. The normalized spacial score (nSPS) is 15.8. The van der Waals surface area contributed by atoms with Crippen molar-refractivity contribution >= 4 is 32.2 Å². The fourth-order valence-electron chi connectivity index (χ4n) is 3.30. The lowest BCUT2D eigenvalue weighted by Gasteiger charge is -2.34. The highest BCUT2D eigenvalue weighted by Crippen LogP contribution is 2.44. The van der Waals surface area contributed by atoms with Gasteiger partial charge in [0.1, 0.15) is 6.04 Å². The molecule has 28 heavy (non-hydrogen) atoms. The van der Waals surface area contributed by atoms with Crippen molar-refractivity contribution in [2.45, 2.75) is 18.9 Å². The maximum atomic E-state index is 12.5. The molecule has 138 valence electrons. The average molecular weight is 434 g/mol. The fourth-order valence-corrected chi connectivity index (χ4v) is 3.93. The number of likely N-dealkylation sites (tertiary alicyclic amines) is 1. The molecule has 1 unspecified atom stereocenters. The standard InChI is InChI=1S/C22H16BrN3O2/c23-18(16-7-3-1-4-8-16)13-22(14-24,15-25)21(17-9-5-2-6-10-17)26-19(27)11-12-20(26)28/h1-10,13,21H,11-12H2/b18-13+. The minimum absolute atomic E-state index is 0.0820. The van der Waals surface area contributed by atoms with E-state index in [0.717, 1.165) is 10.5 Å². The quantitative estimate of drug-likeness (QED) is 0.655. The van der Waals surface area contributed by atoms with E-state index in [9.17, 15) is 20.1 Å². The van der Waals surface area contributed by atoms with Gasteiger partial charge < -0.3 is 0 Å². The van der Waals surface area contributed by atoms with Crippen LogP contribution in [0.2, 0.25) is 0 Å². The molecule has 5 nitrogen and oxygen atoms in total. The van der Waals surface area contributed by atoms with Gasteiger partial charge in [0, 0.05) is 17.3 Å². The van der Waals surface area contributed by atoms with Crippen LogP contribution in [0.5, 0.6) is 0 Å². The minimum atomic E-state index is -1.76. The summed E-state index contributed by atoms with van der Waals surface area (Å²) in [6.07, 6.45) is 1.65. The topological polar surface area (TPSA) is 85.0 Å². The number of nitriles is 2. The largest absolute Gasteiger partial charge is 0.274 e. The molecule has 0 N–H and O–H groups in total. The van der Waals surface area contributed by atoms with E-state index in [0.29, 0.717) is 10.0 Å². The van der Waals surface area contributed by atoms with Crippen LogP contribution in [0.25, 0.3) is 4.48 Å². The molecule has 6 heteroatoms. The van der Waals surface area contributed by atoms with Gasteiger partial charge in [-0.3, -0.25) is 14.5 Å². The zero-order valence-corrected chi connectivity index (χ0v) is 16.5. The lowest BCUT2D eigenvalue weighted by Crippen LogP contribution is -2.42. The van der Waals surface area contributed by atoms with Crippen molar-refractivity contribution in [1.82, 2.24) is 4.90 Å². The predicted molar refractivity (Wildman–Crippen MR) is 107 cm³/mol. The summed E-state index contributed by atoms with van der Waals surface area (Å²) < 4.78 is 0.538. The van der Waals surface area contributed by atoms with E-state index >= 15 is 0 Å². The number of amides is 2. The van der Waals surface area contributed by atoms with Gasteiger partial charge in [-0.25, -0.2) is 0 Å². The summed E-state index contributed by atoms with van der Waals surface area (Å²) in [5.41, 5.74) is -0.423. The predicted octanol–water partition coefficient (Wildman–Crippen LogP) is 4.35. The highest BCUT2D eigenvalue weighted by molar-refractivity contribution is 9.15. The van der Waals surface area contributed by atoms with Crippen molar-refractivity contribution in [3.63, 3.8) is 0 Å². The molecule has 0 aliphatic carbocycles. The first-order chi connectivity index (χ1) is 13.5. The summed E-state index contributed by atoms with van der Waals surface area (Å²) in [4.78, 5) is 26.0. The van der Waals surface area contributed by atoms with Crippen molar-refractivity contribution in [2.75, 3.05) is 0 Å². The number of hydrogen-bond acceptors (Lipinski definition) is 4. The van der Waals surface area contributed by atoms with Crippen molar-refractivity contribution < 1.29 is 9.59 Å². The maximum Gasteiger partial charge on any atom is 0.230 e. The molecule has 1 heterocycles. The van der Waals surface area contributed by atoms with E-state index in [1.54, 1.807) is 30.3 Å². The molecule has 1 aliphatic heterocycles. The Bertz CT molecular complexity index is 974. The van der Waals surface area contributed by atoms with Gasteiger partial charge in [0.2, 0.25) is 11.8 Å². The van der Waals surface area contributed by atoms with Crippen LogP contribution in [0.3, 0.4) is 0 Å². The van der Waals surface area contributed by atoms with Gasteiger partial charge >= 0.3 is 0 Å². The molecule has 1 fully saturated rings. The number of hydrogen-bond donors (Lipinski definition) is 0. The third-order valence-corrected chi connectivity index (χ3v) is 5.36. The zero-order valence-electron chi connectivity index (χ0n) is 14.9. The lowest BCUT2D eigenvalue weighted by molar-refractivity contribution is -0.142. The van der Waals surface area contributed by atoms with E-state index in [2.05, 4.69) is 28.1 Å². The van der Waals surface area contributed by atoms with Crippen LogP contribution < -0.4 is 0 Å². The number of carbonyl (C=O) groups excluding carboxylic acids is 2. The van der Waals surface area contributed by atoms with Gasteiger partial charge in [-0.2, -0.15) is 10.5 Å². The van der Waals surface area contributed by atoms with E-state index in [1.807, 2.05) is 30.3 Å². The van der Waals surface area contributed by atoms with Crippen molar-refractivity contribution in [3.05, 3.63) is 77.9 Å². The van der Waals surface area contributed by atoms with Crippen LogP contribution in [0.4, 0.5) is 0 Å². The van der Waals surface area contributed by atoms with Crippen molar-refractivity contribution in [1.29, 1.82) is 10.5 Å². The Balaban J connectivity index is 2.20. The molecule has 0 aromatic heterocycles. The molecule has 0 bridgehead atoms. The van der Waals surface area contributed by atoms with Crippen LogP contribution in [-0.4, -0.2) is 16.7 Å². The van der Waals surface area contributed by atoms with Gasteiger partial charge in [0.05, 0.1) is 12.1 Å². The van der Waals surface area contributed by atoms with E-state index < -0.39 is 11.5 Å².